The lowest BCUT2D eigenvalue weighted by Gasteiger charge is -2.33. The van der Waals surface area contributed by atoms with Crippen LogP contribution in [0.25, 0.3) is 0 Å². The van der Waals surface area contributed by atoms with Crippen LogP contribution in [0.3, 0.4) is 0 Å². The molecule has 10 heteroatoms. The van der Waals surface area contributed by atoms with E-state index in [-0.39, 0.29) is 36.0 Å². The summed E-state index contributed by atoms with van der Waals surface area (Å²) < 4.78 is 65.4. The first kappa shape index (κ1) is 20.1. The minimum atomic E-state index is -3.76. The van der Waals surface area contributed by atoms with E-state index in [0.717, 1.165) is 0 Å². The predicted molar refractivity (Wildman–Crippen MR) is 106 cm³/mol. The lowest BCUT2D eigenvalue weighted by atomic mass is 10.2. The van der Waals surface area contributed by atoms with Crippen molar-refractivity contribution in [2.45, 2.75) is 16.7 Å². The molecule has 0 saturated carbocycles. The number of ether oxygens (including phenoxy) is 2. The van der Waals surface area contributed by atoms with E-state index in [9.17, 15) is 16.8 Å². The number of benzene rings is 2. The second kappa shape index (κ2) is 7.60. The molecule has 8 nitrogen and oxygen atoms in total. The highest BCUT2D eigenvalue weighted by molar-refractivity contribution is 7.89. The first-order valence-corrected chi connectivity index (χ1v) is 12.1. The smallest absolute Gasteiger partial charge is 0.243 e. The number of fused-ring (bicyclic) bond motifs is 1. The van der Waals surface area contributed by atoms with Gasteiger partial charge in [-0.2, -0.15) is 8.61 Å². The Morgan fingerprint density at radius 3 is 2.00 bits per heavy atom. The third kappa shape index (κ3) is 3.73. The van der Waals surface area contributed by atoms with Gasteiger partial charge in [0.2, 0.25) is 20.0 Å². The molecule has 0 radical (unpaired) electrons. The molecular weight excluding hydrogens is 416 g/mol. The zero-order chi connectivity index (χ0) is 20.6. The molecule has 2 heterocycles. The zero-order valence-electron chi connectivity index (χ0n) is 15.9. The molecule has 0 unspecified atom stereocenters. The van der Waals surface area contributed by atoms with Crippen LogP contribution < -0.4 is 9.47 Å². The van der Waals surface area contributed by atoms with Gasteiger partial charge in [0.15, 0.2) is 11.5 Å². The highest BCUT2D eigenvalue weighted by atomic mass is 32.2. The van der Waals surface area contributed by atoms with Crippen molar-refractivity contribution in [3.05, 3.63) is 48.0 Å². The fourth-order valence-corrected chi connectivity index (χ4v) is 6.55. The molecule has 0 N–H and O–H groups in total. The van der Waals surface area contributed by atoms with Crippen LogP contribution in [-0.4, -0.2) is 64.8 Å². The van der Waals surface area contributed by atoms with Crippen molar-refractivity contribution in [2.75, 3.05) is 39.4 Å². The minimum Gasteiger partial charge on any atom is -0.486 e. The fourth-order valence-electron chi connectivity index (χ4n) is 3.47. The summed E-state index contributed by atoms with van der Waals surface area (Å²) >= 11 is 0. The molecular formula is C19H22N2O6S2. The van der Waals surface area contributed by atoms with Gasteiger partial charge in [0.05, 0.1) is 9.79 Å². The molecule has 1 fully saturated rings. The van der Waals surface area contributed by atoms with Crippen LogP contribution in [0, 0.1) is 6.92 Å². The van der Waals surface area contributed by atoms with Crippen LogP contribution in [0.2, 0.25) is 0 Å². The number of sulfonamides is 2. The van der Waals surface area contributed by atoms with Gasteiger partial charge in [-0.25, -0.2) is 16.8 Å². The summed E-state index contributed by atoms with van der Waals surface area (Å²) in [6.07, 6.45) is 0. The highest BCUT2D eigenvalue weighted by Crippen LogP contribution is 2.33. The summed E-state index contributed by atoms with van der Waals surface area (Å²) in [4.78, 5) is 0.361. The summed E-state index contributed by atoms with van der Waals surface area (Å²) in [7, 11) is -7.42. The molecule has 29 heavy (non-hydrogen) atoms. The second-order valence-corrected chi connectivity index (χ2v) is 10.7. The van der Waals surface area contributed by atoms with E-state index in [2.05, 4.69) is 0 Å². The average molecular weight is 439 g/mol. The third-order valence-corrected chi connectivity index (χ3v) is 9.01. The third-order valence-electron chi connectivity index (χ3n) is 5.06. The van der Waals surface area contributed by atoms with Crippen LogP contribution in [0.5, 0.6) is 11.5 Å². The van der Waals surface area contributed by atoms with Crippen molar-refractivity contribution >= 4 is 20.0 Å². The molecule has 2 aliphatic heterocycles. The minimum absolute atomic E-state index is 0.0852. The normalized spacial score (nSPS) is 18.5. The Kier molecular flexibility index (Phi) is 5.28. The van der Waals surface area contributed by atoms with Crippen LogP contribution in [0.15, 0.2) is 52.3 Å². The van der Waals surface area contributed by atoms with Crippen LogP contribution >= 0.6 is 0 Å². The van der Waals surface area contributed by atoms with Gasteiger partial charge in [-0.15, -0.1) is 0 Å². The van der Waals surface area contributed by atoms with Crippen LogP contribution in [0.4, 0.5) is 0 Å². The Balaban J connectivity index is 1.51. The zero-order valence-corrected chi connectivity index (χ0v) is 17.6. The summed E-state index contributed by atoms with van der Waals surface area (Å²) in [6, 6.07) is 11.3. The Labute approximate surface area is 170 Å². The summed E-state index contributed by atoms with van der Waals surface area (Å²) in [6.45, 7) is 2.91. The fraction of sp³-hybridized carbons (Fsp3) is 0.368. The second-order valence-electron chi connectivity index (χ2n) is 6.88. The molecule has 0 aliphatic carbocycles. The Bertz CT molecular complexity index is 1120. The standard InChI is InChI=1S/C19H22N2O6S2/c1-15-4-2-3-5-19(15)29(24,25)21-10-8-20(9-11-21)28(22,23)16-6-7-17-18(14-16)27-13-12-26-17/h2-7,14H,8-13H2,1H3. The summed E-state index contributed by atoms with van der Waals surface area (Å²) in [5, 5.41) is 0. The molecule has 2 aromatic rings. The monoisotopic (exact) mass is 438 g/mol. The number of aryl methyl sites for hydroxylation is 1. The van der Waals surface area contributed by atoms with Crippen molar-refractivity contribution in [3.63, 3.8) is 0 Å². The Morgan fingerprint density at radius 1 is 0.759 bits per heavy atom. The number of piperazine rings is 1. The highest BCUT2D eigenvalue weighted by Gasteiger charge is 2.34. The van der Waals surface area contributed by atoms with Crippen LogP contribution in [-0.2, 0) is 20.0 Å². The van der Waals surface area contributed by atoms with Gasteiger partial charge in [0.25, 0.3) is 0 Å². The van der Waals surface area contributed by atoms with Gasteiger partial charge in [0.1, 0.15) is 13.2 Å². The van der Waals surface area contributed by atoms with Gasteiger partial charge in [0, 0.05) is 32.2 Å². The maximum absolute atomic E-state index is 13.0. The van der Waals surface area contributed by atoms with Crippen molar-refractivity contribution in [2.24, 2.45) is 0 Å². The van der Waals surface area contributed by atoms with E-state index in [1.165, 1.54) is 20.7 Å². The lowest BCUT2D eigenvalue weighted by Crippen LogP contribution is -2.50. The molecule has 0 amide bonds. The maximum atomic E-state index is 13.0. The van der Waals surface area contributed by atoms with E-state index in [1.54, 1.807) is 37.3 Å². The predicted octanol–water partition coefficient (Wildman–Crippen LogP) is 1.46. The van der Waals surface area contributed by atoms with Crippen molar-refractivity contribution in [3.8, 4) is 11.5 Å². The summed E-state index contributed by atoms with van der Waals surface area (Å²) in [5.41, 5.74) is 0.666. The molecule has 156 valence electrons. The topological polar surface area (TPSA) is 93.2 Å². The van der Waals surface area contributed by atoms with E-state index in [4.69, 9.17) is 9.47 Å². The molecule has 0 spiro atoms. The number of hydrogen-bond acceptors (Lipinski definition) is 6. The molecule has 0 atom stereocenters. The quantitative estimate of drug-likeness (QED) is 0.718. The van der Waals surface area contributed by atoms with E-state index in [0.29, 0.717) is 30.3 Å². The molecule has 0 bridgehead atoms. The van der Waals surface area contributed by atoms with E-state index in [1.807, 2.05) is 0 Å². The van der Waals surface area contributed by atoms with Gasteiger partial charge in [-0.1, -0.05) is 18.2 Å². The van der Waals surface area contributed by atoms with Gasteiger partial charge < -0.3 is 9.47 Å². The number of nitrogens with zero attached hydrogens (tertiary/aromatic N) is 2. The van der Waals surface area contributed by atoms with E-state index >= 15 is 0 Å². The molecule has 0 aromatic heterocycles. The molecule has 4 rings (SSSR count). The van der Waals surface area contributed by atoms with Crippen molar-refractivity contribution in [1.82, 2.24) is 8.61 Å². The van der Waals surface area contributed by atoms with Crippen molar-refractivity contribution < 1.29 is 26.3 Å². The lowest BCUT2D eigenvalue weighted by molar-refractivity contribution is 0.171. The molecule has 2 aliphatic rings. The summed E-state index contributed by atoms with van der Waals surface area (Å²) in [5.74, 6) is 0.919. The van der Waals surface area contributed by atoms with Crippen molar-refractivity contribution in [1.29, 1.82) is 0 Å². The largest absolute Gasteiger partial charge is 0.486 e. The average Bonchev–Trinajstić information content (AvgIpc) is 2.73. The van der Waals surface area contributed by atoms with E-state index < -0.39 is 20.0 Å². The SMILES string of the molecule is Cc1ccccc1S(=O)(=O)N1CCN(S(=O)(=O)c2ccc3c(c2)OCCO3)CC1. The van der Waals surface area contributed by atoms with Gasteiger partial charge in [-0.3, -0.25) is 0 Å². The Morgan fingerprint density at radius 2 is 1.34 bits per heavy atom. The Hall–Kier alpha value is -2.14. The first-order valence-electron chi connectivity index (χ1n) is 9.26. The molecule has 1 saturated heterocycles. The van der Waals surface area contributed by atoms with Crippen LogP contribution in [0.1, 0.15) is 5.56 Å². The number of rotatable bonds is 4. The number of hydrogen-bond donors (Lipinski definition) is 0. The van der Waals surface area contributed by atoms with Gasteiger partial charge >= 0.3 is 0 Å². The maximum Gasteiger partial charge on any atom is 0.243 e. The van der Waals surface area contributed by atoms with Gasteiger partial charge in [-0.05, 0) is 30.7 Å². The molecule has 2 aromatic carbocycles. The first-order chi connectivity index (χ1) is 13.8.